The Balaban J connectivity index is 1.78. The molecule has 0 spiro atoms. The molecule has 2 nitrogen and oxygen atoms in total. The minimum absolute atomic E-state index is 0.124. The first-order valence-electron chi connectivity index (χ1n) is 5.90. The van der Waals surface area contributed by atoms with Crippen LogP contribution in [-0.2, 0) is 6.42 Å². The summed E-state index contributed by atoms with van der Waals surface area (Å²) in [7, 11) is 0. The van der Waals surface area contributed by atoms with Crippen LogP contribution in [0.3, 0.4) is 0 Å². The summed E-state index contributed by atoms with van der Waals surface area (Å²) < 4.78 is 13.3. The Labute approximate surface area is 106 Å². The van der Waals surface area contributed by atoms with Gasteiger partial charge < -0.3 is 5.32 Å². The van der Waals surface area contributed by atoms with Crippen molar-refractivity contribution in [1.29, 1.82) is 0 Å². The smallest absolute Gasteiger partial charge is 0.156 e. The van der Waals surface area contributed by atoms with E-state index in [2.05, 4.69) is 17.2 Å². The Morgan fingerprint density at radius 3 is 3.00 bits per heavy atom. The Hall–Kier alpha value is -1.03. The van der Waals surface area contributed by atoms with Crippen LogP contribution in [0, 0.1) is 11.7 Å². The van der Waals surface area contributed by atoms with E-state index in [1.54, 1.807) is 17.8 Å². The van der Waals surface area contributed by atoms with E-state index in [9.17, 15) is 4.39 Å². The SMILES string of the molecule is CC1CN=C(NCCc2ccccc2F)SC1. The van der Waals surface area contributed by atoms with Gasteiger partial charge in [0.15, 0.2) is 5.17 Å². The number of hydrogen-bond donors (Lipinski definition) is 1. The van der Waals surface area contributed by atoms with E-state index in [-0.39, 0.29) is 5.82 Å². The normalized spacial score (nSPS) is 19.9. The summed E-state index contributed by atoms with van der Waals surface area (Å²) in [5.41, 5.74) is 0.759. The van der Waals surface area contributed by atoms with Crippen molar-refractivity contribution in [3.63, 3.8) is 0 Å². The second kappa shape index (κ2) is 6.05. The number of halogens is 1. The minimum Gasteiger partial charge on any atom is -0.365 e. The number of nitrogens with one attached hydrogen (secondary N) is 1. The van der Waals surface area contributed by atoms with Crippen molar-refractivity contribution in [2.75, 3.05) is 18.8 Å². The van der Waals surface area contributed by atoms with E-state index in [0.29, 0.717) is 12.3 Å². The van der Waals surface area contributed by atoms with Crippen LogP contribution >= 0.6 is 11.8 Å². The molecule has 1 unspecified atom stereocenters. The second-order valence-corrected chi connectivity index (χ2v) is 5.34. The van der Waals surface area contributed by atoms with Gasteiger partial charge in [0.2, 0.25) is 0 Å². The molecule has 0 radical (unpaired) electrons. The first-order chi connectivity index (χ1) is 8.25. The molecule has 0 bridgehead atoms. The summed E-state index contributed by atoms with van der Waals surface area (Å²) in [5, 5.41) is 4.26. The number of thioether (sulfide) groups is 1. The van der Waals surface area contributed by atoms with Gasteiger partial charge in [-0.05, 0) is 24.0 Å². The van der Waals surface area contributed by atoms with Crippen molar-refractivity contribution in [2.24, 2.45) is 10.9 Å². The maximum absolute atomic E-state index is 13.3. The fourth-order valence-corrected chi connectivity index (χ4v) is 2.59. The van der Waals surface area contributed by atoms with Crippen molar-refractivity contribution in [3.05, 3.63) is 35.6 Å². The third-order valence-electron chi connectivity index (χ3n) is 2.68. The van der Waals surface area contributed by atoms with Gasteiger partial charge in [-0.25, -0.2) is 4.39 Å². The topological polar surface area (TPSA) is 24.4 Å². The van der Waals surface area contributed by atoms with Crippen molar-refractivity contribution >= 4 is 16.9 Å². The molecule has 0 saturated carbocycles. The maximum Gasteiger partial charge on any atom is 0.156 e. The largest absolute Gasteiger partial charge is 0.365 e. The van der Waals surface area contributed by atoms with Crippen LogP contribution in [0.1, 0.15) is 12.5 Å². The minimum atomic E-state index is -0.124. The van der Waals surface area contributed by atoms with Gasteiger partial charge in [-0.1, -0.05) is 36.9 Å². The van der Waals surface area contributed by atoms with Gasteiger partial charge in [0.05, 0.1) is 0 Å². The molecule has 92 valence electrons. The van der Waals surface area contributed by atoms with Gasteiger partial charge in [0.1, 0.15) is 5.82 Å². The summed E-state index contributed by atoms with van der Waals surface area (Å²) >= 11 is 1.76. The zero-order valence-corrected chi connectivity index (χ0v) is 10.8. The molecule has 4 heteroatoms. The summed E-state index contributed by atoms with van der Waals surface area (Å²) in [6, 6.07) is 6.92. The fraction of sp³-hybridized carbons (Fsp3) is 0.462. The standard InChI is InChI=1S/C13H17FN2S/c1-10-8-16-13(17-9-10)15-7-6-11-4-2-3-5-12(11)14/h2-5,10H,6-9H2,1H3,(H,15,16). The molecule has 0 fully saturated rings. The van der Waals surface area contributed by atoms with E-state index in [1.807, 2.05) is 12.1 Å². The Bertz CT molecular complexity index is 406. The molecule has 0 amide bonds. The molecule has 1 heterocycles. The summed E-state index contributed by atoms with van der Waals surface area (Å²) in [5.74, 6) is 1.66. The molecule has 0 aromatic heterocycles. The fourth-order valence-electron chi connectivity index (χ4n) is 1.67. The van der Waals surface area contributed by atoms with Crippen LogP contribution in [0.2, 0.25) is 0 Å². The molecule has 2 rings (SSSR count). The number of nitrogens with zero attached hydrogens (tertiary/aromatic N) is 1. The summed E-state index contributed by atoms with van der Waals surface area (Å²) in [6.45, 7) is 3.84. The lowest BCUT2D eigenvalue weighted by Crippen LogP contribution is -2.28. The number of amidine groups is 1. The summed E-state index contributed by atoms with van der Waals surface area (Å²) in [4.78, 5) is 4.44. The average molecular weight is 252 g/mol. The van der Waals surface area contributed by atoms with Crippen molar-refractivity contribution in [1.82, 2.24) is 5.32 Å². The molecule has 0 aliphatic carbocycles. The highest BCUT2D eigenvalue weighted by atomic mass is 32.2. The lowest BCUT2D eigenvalue weighted by molar-refractivity contribution is 0.607. The van der Waals surface area contributed by atoms with Gasteiger partial charge in [-0.3, -0.25) is 4.99 Å². The van der Waals surface area contributed by atoms with E-state index < -0.39 is 0 Å². The van der Waals surface area contributed by atoms with Crippen molar-refractivity contribution in [3.8, 4) is 0 Å². The lowest BCUT2D eigenvalue weighted by atomic mass is 10.1. The van der Waals surface area contributed by atoms with Crippen molar-refractivity contribution < 1.29 is 4.39 Å². The second-order valence-electron chi connectivity index (χ2n) is 4.33. The Morgan fingerprint density at radius 1 is 1.47 bits per heavy atom. The highest BCUT2D eigenvalue weighted by Gasteiger charge is 2.11. The van der Waals surface area contributed by atoms with Crippen LogP contribution in [0.5, 0.6) is 0 Å². The third kappa shape index (κ3) is 3.73. The molecule has 1 aliphatic heterocycles. The average Bonchev–Trinajstić information content (AvgIpc) is 2.34. The summed E-state index contributed by atoms with van der Waals surface area (Å²) in [6.07, 6.45) is 0.696. The highest BCUT2D eigenvalue weighted by molar-refractivity contribution is 8.13. The van der Waals surface area contributed by atoms with Gasteiger partial charge in [-0.15, -0.1) is 0 Å². The van der Waals surface area contributed by atoms with E-state index in [4.69, 9.17) is 0 Å². The number of hydrogen-bond acceptors (Lipinski definition) is 3. The molecule has 17 heavy (non-hydrogen) atoms. The number of rotatable bonds is 3. The molecule has 1 atom stereocenters. The van der Waals surface area contributed by atoms with Crippen LogP contribution in [-0.4, -0.2) is 24.0 Å². The first kappa shape index (κ1) is 12.4. The van der Waals surface area contributed by atoms with Crippen LogP contribution < -0.4 is 5.32 Å². The monoisotopic (exact) mass is 252 g/mol. The first-order valence-corrected chi connectivity index (χ1v) is 6.89. The van der Waals surface area contributed by atoms with Crippen molar-refractivity contribution in [2.45, 2.75) is 13.3 Å². The van der Waals surface area contributed by atoms with Gasteiger partial charge in [0.25, 0.3) is 0 Å². The number of benzene rings is 1. The highest BCUT2D eigenvalue weighted by Crippen LogP contribution is 2.15. The zero-order chi connectivity index (χ0) is 12.1. The molecule has 1 N–H and O–H groups in total. The molecular weight excluding hydrogens is 235 g/mol. The molecule has 1 aromatic rings. The molecular formula is C13H17FN2S. The predicted octanol–water partition coefficient (Wildman–Crippen LogP) is 2.70. The van der Waals surface area contributed by atoms with Gasteiger partial charge in [0, 0.05) is 18.8 Å². The molecule has 1 aromatic carbocycles. The molecule has 1 aliphatic rings. The predicted molar refractivity (Wildman–Crippen MR) is 72.0 cm³/mol. The van der Waals surface area contributed by atoms with E-state index in [1.165, 1.54) is 6.07 Å². The molecule has 0 saturated heterocycles. The van der Waals surface area contributed by atoms with Gasteiger partial charge >= 0.3 is 0 Å². The Kier molecular flexibility index (Phi) is 4.42. The van der Waals surface area contributed by atoms with Crippen LogP contribution in [0.25, 0.3) is 0 Å². The van der Waals surface area contributed by atoms with Gasteiger partial charge in [-0.2, -0.15) is 0 Å². The zero-order valence-electron chi connectivity index (χ0n) is 9.95. The quantitative estimate of drug-likeness (QED) is 0.894. The Morgan fingerprint density at radius 2 is 2.29 bits per heavy atom. The van der Waals surface area contributed by atoms with E-state index in [0.717, 1.165) is 29.6 Å². The van der Waals surface area contributed by atoms with Crippen LogP contribution in [0.4, 0.5) is 4.39 Å². The van der Waals surface area contributed by atoms with E-state index >= 15 is 0 Å². The third-order valence-corrected chi connectivity index (χ3v) is 3.96. The maximum atomic E-state index is 13.3. The lowest BCUT2D eigenvalue weighted by Gasteiger charge is -2.17. The number of aliphatic imine (C=N–C) groups is 1. The van der Waals surface area contributed by atoms with Crippen LogP contribution in [0.15, 0.2) is 29.3 Å².